The van der Waals surface area contributed by atoms with Gasteiger partial charge in [0.1, 0.15) is 17.3 Å². The molecule has 0 amide bonds. The van der Waals surface area contributed by atoms with Crippen molar-refractivity contribution >= 4 is 5.69 Å². The highest BCUT2D eigenvalue weighted by molar-refractivity contribution is 5.59. The topological polar surface area (TPSA) is 30.5 Å². The normalized spacial score (nSPS) is 22.9. The molecule has 2 aromatic rings. The summed E-state index contributed by atoms with van der Waals surface area (Å²) < 4.78 is 39.7. The zero-order valence-electron chi connectivity index (χ0n) is 15.4. The quantitative estimate of drug-likeness (QED) is 0.743. The summed E-state index contributed by atoms with van der Waals surface area (Å²) in [5, 5.41) is 3.14. The molecule has 2 aromatic carbocycles. The van der Waals surface area contributed by atoms with Crippen LogP contribution in [-0.4, -0.2) is 18.8 Å². The Hall–Kier alpha value is -2.14. The lowest BCUT2D eigenvalue weighted by Gasteiger charge is -2.32. The van der Waals surface area contributed by atoms with Gasteiger partial charge in [-0.25, -0.2) is 8.78 Å². The van der Waals surface area contributed by atoms with Gasteiger partial charge in [0.2, 0.25) is 0 Å². The molecule has 3 nitrogen and oxygen atoms in total. The van der Waals surface area contributed by atoms with E-state index in [0.717, 1.165) is 24.5 Å². The van der Waals surface area contributed by atoms with Crippen LogP contribution in [0.2, 0.25) is 0 Å². The first-order valence-electron chi connectivity index (χ1n) is 9.04. The van der Waals surface area contributed by atoms with E-state index in [0.29, 0.717) is 18.2 Å². The monoisotopic (exact) mass is 361 g/mol. The third-order valence-electron chi connectivity index (χ3n) is 4.69. The summed E-state index contributed by atoms with van der Waals surface area (Å²) in [5.41, 5.74) is 1.09. The van der Waals surface area contributed by atoms with E-state index in [1.54, 1.807) is 6.07 Å². The van der Waals surface area contributed by atoms with Crippen molar-refractivity contribution in [3.8, 4) is 11.5 Å². The molecule has 3 atom stereocenters. The highest BCUT2D eigenvalue weighted by Gasteiger charge is 2.25. The lowest BCUT2D eigenvalue weighted by molar-refractivity contribution is -0.0495. The molecule has 1 heterocycles. The van der Waals surface area contributed by atoms with Gasteiger partial charge in [0.15, 0.2) is 11.6 Å². The van der Waals surface area contributed by atoms with Crippen molar-refractivity contribution in [2.45, 2.75) is 45.8 Å². The second kappa shape index (κ2) is 8.04. The molecule has 0 bridgehead atoms. The summed E-state index contributed by atoms with van der Waals surface area (Å²) in [6.07, 6.45) is 2.19. The van der Waals surface area contributed by atoms with E-state index < -0.39 is 11.6 Å². The summed E-state index contributed by atoms with van der Waals surface area (Å²) >= 11 is 0. The molecule has 1 saturated heterocycles. The number of rotatable bonds is 5. The fourth-order valence-corrected chi connectivity index (χ4v) is 3.55. The minimum absolute atomic E-state index is 0.157. The summed E-state index contributed by atoms with van der Waals surface area (Å²) in [7, 11) is 0. The molecule has 0 aromatic heterocycles. The van der Waals surface area contributed by atoms with Gasteiger partial charge >= 0.3 is 0 Å². The number of benzene rings is 2. The summed E-state index contributed by atoms with van der Waals surface area (Å²) in [6.45, 7) is 6.58. The molecule has 1 aliphatic rings. The molecule has 0 radical (unpaired) electrons. The van der Waals surface area contributed by atoms with Crippen LogP contribution in [0.25, 0.3) is 0 Å². The van der Waals surface area contributed by atoms with E-state index in [2.05, 4.69) is 5.32 Å². The van der Waals surface area contributed by atoms with Crippen molar-refractivity contribution in [3.63, 3.8) is 0 Å². The van der Waals surface area contributed by atoms with Gasteiger partial charge in [0.25, 0.3) is 0 Å². The Kier molecular flexibility index (Phi) is 5.77. The molecule has 3 rings (SSSR count). The first-order chi connectivity index (χ1) is 12.4. The largest absolute Gasteiger partial charge is 0.455 e. The lowest BCUT2D eigenvalue weighted by Crippen LogP contribution is -2.32. The molecular formula is C21H25F2NO2. The second-order valence-electron chi connectivity index (χ2n) is 7.10. The minimum Gasteiger partial charge on any atom is -0.455 e. The Bertz CT molecular complexity index is 756. The van der Waals surface area contributed by atoms with Gasteiger partial charge in [-0.2, -0.15) is 0 Å². The van der Waals surface area contributed by atoms with Crippen molar-refractivity contribution in [2.24, 2.45) is 5.92 Å². The highest BCUT2D eigenvalue weighted by Crippen LogP contribution is 2.35. The Balaban J connectivity index is 1.79. The van der Waals surface area contributed by atoms with Gasteiger partial charge in [-0.05, 0) is 51.2 Å². The number of hydrogen-bond acceptors (Lipinski definition) is 3. The number of hydrogen-bond donors (Lipinski definition) is 1. The standard InChI is InChI=1S/C21H25F2NO2/c1-13-6-4-5-7-19(13)26-20-11-17(22)10-18(23)21(20)24-12-16-8-14(2)25-15(3)9-16/h4-7,10-11,14-16,24H,8-9,12H2,1-3H3/t14-,15+,16?. The molecule has 0 saturated carbocycles. The van der Waals surface area contributed by atoms with Crippen molar-refractivity contribution < 1.29 is 18.3 Å². The number of ether oxygens (including phenoxy) is 2. The zero-order valence-corrected chi connectivity index (χ0v) is 15.4. The molecule has 0 aliphatic carbocycles. The van der Waals surface area contributed by atoms with Crippen LogP contribution >= 0.6 is 0 Å². The predicted octanol–water partition coefficient (Wildman–Crippen LogP) is 5.68. The Morgan fingerprint density at radius 2 is 1.77 bits per heavy atom. The molecule has 26 heavy (non-hydrogen) atoms. The highest BCUT2D eigenvalue weighted by atomic mass is 19.1. The van der Waals surface area contributed by atoms with Crippen LogP contribution in [0.3, 0.4) is 0 Å². The average molecular weight is 361 g/mol. The van der Waals surface area contributed by atoms with E-state index >= 15 is 0 Å². The second-order valence-corrected chi connectivity index (χ2v) is 7.10. The summed E-state index contributed by atoms with van der Waals surface area (Å²) in [4.78, 5) is 0. The molecular weight excluding hydrogens is 336 g/mol. The Labute approximate surface area is 153 Å². The van der Waals surface area contributed by atoms with Crippen molar-refractivity contribution in [2.75, 3.05) is 11.9 Å². The SMILES string of the molecule is Cc1ccccc1Oc1cc(F)cc(F)c1NCC1C[C@@H](C)O[C@@H](C)C1. The van der Waals surface area contributed by atoms with Crippen molar-refractivity contribution in [1.82, 2.24) is 0 Å². The number of aryl methyl sites for hydroxylation is 1. The summed E-state index contributed by atoms with van der Waals surface area (Å²) in [5.74, 6) is -0.213. The number of halogens is 2. The lowest BCUT2D eigenvalue weighted by atomic mass is 9.92. The molecule has 140 valence electrons. The van der Waals surface area contributed by atoms with Crippen LogP contribution in [0.5, 0.6) is 11.5 Å². The maximum Gasteiger partial charge on any atom is 0.156 e. The number of para-hydroxylation sites is 1. The van der Waals surface area contributed by atoms with E-state index in [1.165, 1.54) is 6.07 Å². The maximum atomic E-state index is 14.4. The molecule has 1 unspecified atom stereocenters. The molecule has 1 N–H and O–H groups in total. The third kappa shape index (κ3) is 4.52. The predicted molar refractivity (Wildman–Crippen MR) is 98.8 cm³/mol. The maximum absolute atomic E-state index is 14.4. The molecule has 0 spiro atoms. The van der Waals surface area contributed by atoms with Crippen molar-refractivity contribution in [1.29, 1.82) is 0 Å². The molecule has 1 aliphatic heterocycles. The minimum atomic E-state index is -0.662. The summed E-state index contributed by atoms with van der Waals surface area (Å²) in [6, 6.07) is 9.49. The first-order valence-corrected chi connectivity index (χ1v) is 9.04. The van der Waals surface area contributed by atoms with Gasteiger partial charge in [-0.3, -0.25) is 0 Å². The van der Waals surface area contributed by atoms with Gasteiger partial charge < -0.3 is 14.8 Å². The molecule has 1 fully saturated rings. The Morgan fingerprint density at radius 1 is 1.08 bits per heavy atom. The Morgan fingerprint density at radius 3 is 2.46 bits per heavy atom. The van der Waals surface area contributed by atoms with Gasteiger partial charge in [-0.1, -0.05) is 18.2 Å². The van der Waals surface area contributed by atoms with E-state index in [-0.39, 0.29) is 23.6 Å². The fraction of sp³-hybridized carbons (Fsp3) is 0.429. The number of nitrogens with one attached hydrogen (secondary N) is 1. The fourth-order valence-electron chi connectivity index (χ4n) is 3.55. The van der Waals surface area contributed by atoms with Gasteiger partial charge in [0, 0.05) is 18.7 Å². The molecule has 5 heteroatoms. The van der Waals surface area contributed by atoms with Crippen LogP contribution < -0.4 is 10.1 Å². The first kappa shape index (κ1) is 18.6. The third-order valence-corrected chi connectivity index (χ3v) is 4.69. The smallest absolute Gasteiger partial charge is 0.156 e. The number of anilines is 1. The zero-order chi connectivity index (χ0) is 18.7. The van der Waals surface area contributed by atoms with Gasteiger partial charge in [-0.15, -0.1) is 0 Å². The van der Waals surface area contributed by atoms with E-state index in [9.17, 15) is 8.78 Å². The van der Waals surface area contributed by atoms with E-state index in [4.69, 9.17) is 9.47 Å². The van der Waals surface area contributed by atoms with Crippen LogP contribution in [0, 0.1) is 24.5 Å². The van der Waals surface area contributed by atoms with Crippen LogP contribution in [-0.2, 0) is 4.74 Å². The van der Waals surface area contributed by atoms with Crippen molar-refractivity contribution in [3.05, 3.63) is 53.6 Å². The van der Waals surface area contributed by atoms with Crippen LogP contribution in [0.15, 0.2) is 36.4 Å². The van der Waals surface area contributed by atoms with Crippen LogP contribution in [0.1, 0.15) is 32.3 Å². The van der Waals surface area contributed by atoms with Crippen LogP contribution in [0.4, 0.5) is 14.5 Å². The van der Waals surface area contributed by atoms with Gasteiger partial charge in [0.05, 0.1) is 12.2 Å². The van der Waals surface area contributed by atoms with E-state index in [1.807, 2.05) is 39.0 Å². The average Bonchev–Trinajstić information content (AvgIpc) is 2.55.